The van der Waals surface area contributed by atoms with E-state index >= 15 is 0 Å². The lowest BCUT2D eigenvalue weighted by Crippen LogP contribution is -2.10. The van der Waals surface area contributed by atoms with Crippen LogP contribution in [0.25, 0.3) is 0 Å². The largest absolute Gasteiger partial charge is 0.398 e. The van der Waals surface area contributed by atoms with Gasteiger partial charge in [-0.1, -0.05) is 24.3 Å². The molecule has 0 bridgehead atoms. The van der Waals surface area contributed by atoms with Crippen molar-refractivity contribution >= 4 is 23.4 Å². The van der Waals surface area contributed by atoms with E-state index in [-0.39, 0.29) is 0 Å². The zero-order valence-electron chi connectivity index (χ0n) is 10.7. The minimum absolute atomic E-state index is 0.401. The quantitative estimate of drug-likeness (QED) is 0.664. The van der Waals surface area contributed by atoms with Gasteiger partial charge in [-0.15, -0.1) is 11.8 Å². The van der Waals surface area contributed by atoms with Crippen LogP contribution in [0.2, 0.25) is 0 Å². The summed E-state index contributed by atoms with van der Waals surface area (Å²) in [7, 11) is 0. The van der Waals surface area contributed by atoms with Crippen molar-refractivity contribution in [2.45, 2.75) is 17.6 Å². The fraction of sp³-hybridized carbons (Fsp3) is 0.133. The lowest BCUT2D eigenvalue weighted by atomic mass is 10.1. The molecule has 0 fully saturated rings. The molecule has 3 nitrogen and oxygen atoms in total. The third kappa shape index (κ3) is 3.29. The highest BCUT2D eigenvalue weighted by molar-refractivity contribution is 7.98. The highest BCUT2D eigenvalue weighted by atomic mass is 32.2. The molecule has 0 aromatic heterocycles. The summed E-state index contributed by atoms with van der Waals surface area (Å²) in [6.07, 6.45) is 0. The van der Waals surface area contributed by atoms with Crippen LogP contribution in [-0.2, 0) is 5.75 Å². The molecule has 2 aromatic rings. The van der Waals surface area contributed by atoms with E-state index in [0.29, 0.717) is 5.56 Å². The van der Waals surface area contributed by atoms with Crippen LogP contribution in [0.5, 0.6) is 0 Å². The Morgan fingerprint density at radius 1 is 1.16 bits per heavy atom. The van der Waals surface area contributed by atoms with Gasteiger partial charge in [0.05, 0.1) is 0 Å². The molecule has 0 aliphatic rings. The zero-order valence-corrected chi connectivity index (χ0v) is 11.5. The number of hydrogen-bond acceptors (Lipinski definition) is 3. The third-order valence-corrected chi connectivity index (χ3v) is 4.06. The number of nitrogen functional groups attached to an aromatic ring is 1. The van der Waals surface area contributed by atoms with Crippen molar-refractivity contribution in [2.75, 3.05) is 5.73 Å². The van der Waals surface area contributed by atoms with Crippen molar-refractivity contribution in [1.82, 2.24) is 0 Å². The zero-order chi connectivity index (χ0) is 13.8. The van der Waals surface area contributed by atoms with Gasteiger partial charge in [-0.05, 0) is 36.2 Å². The van der Waals surface area contributed by atoms with Crippen LogP contribution in [0.4, 0.5) is 5.69 Å². The number of para-hydroxylation sites is 1. The molecule has 0 heterocycles. The summed E-state index contributed by atoms with van der Waals surface area (Å²) >= 11 is 1.69. The Hall–Kier alpha value is -1.94. The molecule has 0 saturated carbocycles. The molecule has 0 atom stereocenters. The van der Waals surface area contributed by atoms with E-state index in [2.05, 4.69) is 0 Å². The second-order valence-corrected chi connectivity index (χ2v) is 5.35. The molecule has 0 aliphatic carbocycles. The van der Waals surface area contributed by atoms with Crippen LogP contribution < -0.4 is 11.5 Å². The Bertz CT molecular complexity index is 594. The maximum Gasteiger partial charge on any atom is 0.248 e. The Labute approximate surface area is 117 Å². The first-order valence-electron chi connectivity index (χ1n) is 5.94. The molecule has 4 heteroatoms. The van der Waals surface area contributed by atoms with E-state index in [1.54, 1.807) is 23.9 Å². The van der Waals surface area contributed by atoms with E-state index in [4.69, 9.17) is 11.5 Å². The number of hydrogen-bond donors (Lipinski definition) is 2. The normalized spacial score (nSPS) is 10.4. The van der Waals surface area contributed by atoms with Gasteiger partial charge >= 0.3 is 0 Å². The van der Waals surface area contributed by atoms with Crippen molar-refractivity contribution in [3.8, 4) is 0 Å². The van der Waals surface area contributed by atoms with Gasteiger partial charge in [-0.3, -0.25) is 4.79 Å². The summed E-state index contributed by atoms with van der Waals surface area (Å²) in [5, 5.41) is 0. The molecule has 0 saturated heterocycles. The summed E-state index contributed by atoms with van der Waals surface area (Å²) in [6, 6.07) is 13.4. The fourth-order valence-electron chi connectivity index (χ4n) is 1.71. The van der Waals surface area contributed by atoms with Crippen molar-refractivity contribution in [2.24, 2.45) is 5.73 Å². The second-order valence-electron chi connectivity index (χ2n) is 4.34. The summed E-state index contributed by atoms with van der Waals surface area (Å²) in [5.74, 6) is 0.411. The Morgan fingerprint density at radius 3 is 2.47 bits per heavy atom. The molecule has 1 amide bonds. The molecule has 0 unspecified atom stereocenters. The molecule has 0 aliphatic heterocycles. The van der Waals surface area contributed by atoms with Crippen molar-refractivity contribution in [3.05, 3.63) is 59.2 Å². The highest BCUT2D eigenvalue weighted by Gasteiger charge is 2.04. The Kier molecular flexibility index (Phi) is 4.12. The molecule has 2 rings (SSSR count). The van der Waals surface area contributed by atoms with Crippen molar-refractivity contribution in [1.29, 1.82) is 0 Å². The standard InChI is InChI=1S/C15H16N2OS/c1-10-3-2-4-13(14(10)16)19-9-11-5-7-12(8-6-11)15(17)18/h2-8H,9,16H2,1H3,(H2,17,18). The topological polar surface area (TPSA) is 69.1 Å². The van der Waals surface area contributed by atoms with Crippen LogP contribution in [-0.4, -0.2) is 5.91 Å². The van der Waals surface area contributed by atoms with Crippen LogP contribution in [0.15, 0.2) is 47.4 Å². The van der Waals surface area contributed by atoms with Crippen molar-refractivity contribution < 1.29 is 4.79 Å². The maximum absolute atomic E-state index is 11.0. The average Bonchev–Trinajstić information content (AvgIpc) is 2.41. The van der Waals surface area contributed by atoms with Gasteiger partial charge in [-0.2, -0.15) is 0 Å². The van der Waals surface area contributed by atoms with Gasteiger partial charge in [0.25, 0.3) is 0 Å². The van der Waals surface area contributed by atoms with Gasteiger partial charge < -0.3 is 11.5 Å². The van der Waals surface area contributed by atoms with E-state index in [1.165, 1.54) is 0 Å². The van der Waals surface area contributed by atoms with E-state index in [9.17, 15) is 4.79 Å². The van der Waals surface area contributed by atoms with Gasteiger partial charge in [-0.25, -0.2) is 0 Å². The van der Waals surface area contributed by atoms with E-state index < -0.39 is 5.91 Å². The van der Waals surface area contributed by atoms with Crippen molar-refractivity contribution in [3.63, 3.8) is 0 Å². The monoisotopic (exact) mass is 272 g/mol. The minimum Gasteiger partial charge on any atom is -0.398 e. The first-order valence-corrected chi connectivity index (χ1v) is 6.93. The molecule has 0 spiro atoms. The van der Waals surface area contributed by atoms with E-state index in [0.717, 1.165) is 27.5 Å². The van der Waals surface area contributed by atoms with Crippen LogP contribution in [0.3, 0.4) is 0 Å². The van der Waals surface area contributed by atoms with Gasteiger partial charge in [0.2, 0.25) is 5.91 Å². The number of anilines is 1. The predicted octanol–water partition coefficient (Wildman–Crippen LogP) is 2.97. The molecule has 98 valence electrons. The number of thioether (sulfide) groups is 1. The number of benzene rings is 2. The molecule has 2 aromatic carbocycles. The minimum atomic E-state index is -0.401. The number of nitrogens with two attached hydrogens (primary N) is 2. The summed E-state index contributed by atoms with van der Waals surface area (Å²) in [5.41, 5.74) is 14.8. The predicted molar refractivity (Wildman–Crippen MR) is 80.1 cm³/mol. The van der Waals surface area contributed by atoms with Gasteiger partial charge in [0.15, 0.2) is 0 Å². The SMILES string of the molecule is Cc1cccc(SCc2ccc(C(N)=O)cc2)c1N. The summed E-state index contributed by atoms with van der Waals surface area (Å²) in [4.78, 5) is 12.1. The molecule has 19 heavy (non-hydrogen) atoms. The highest BCUT2D eigenvalue weighted by Crippen LogP contribution is 2.29. The fourth-order valence-corrected chi connectivity index (χ4v) is 2.71. The van der Waals surface area contributed by atoms with Gasteiger partial charge in [0, 0.05) is 21.9 Å². The number of primary amides is 1. The molecular formula is C15H16N2OS. The molecular weight excluding hydrogens is 256 g/mol. The lowest BCUT2D eigenvalue weighted by molar-refractivity contribution is 0.100. The van der Waals surface area contributed by atoms with Crippen LogP contribution in [0, 0.1) is 6.92 Å². The first-order chi connectivity index (χ1) is 9.08. The van der Waals surface area contributed by atoms with Gasteiger partial charge in [0.1, 0.15) is 0 Å². The lowest BCUT2D eigenvalue weighted by Gasteiger charge is -2.08. The molecule has 0 radical (unpaired) electrons. The summed E-state index contributed by atoms with van der Waals surface area (Å²) < 4.78 is 0. The summed E-state index contributed by atoms with van der Waals surface area (Å²) in [6.45, 7) is 2.00. The number of amides is 1. The Balaban J connectivity index is 2.06. The molecule has 4 N–H and O–H groups in total. The van der Waals surface area contributed by atoms with Crippen LogP contribution >= 0.6 is 11.8 Å². The van der Waals surface area contributed by atoms with E-state index in [1.807, 2.05) is 37.3 Å². The second kappa shape index (κ2) is 5.80. The number of rotatable bonds is 4. The Morgan fingerprint density at radius 2 is 1.84 bits per heavy atom. The number of carbonyl (C=O) groups excluding carboxylic acids is 1. The smallest absolute Gasteiger partial charge is 0.248 e. The third-order valence-electron chi connectivity index (χ3n) is 2.92. The number of carbonyl (C=O) groups is 1. The maximum atomic E-state index is 11.0. The van der Waals surface area contributed by atoms with Crippen LogP contribution in [0.1, 0.15) is 21.5 Å². The average molecular weight is 272 g/mol. The number of aryl methyl sites for hydroxylation is 1. The first kappa shape index (κ1) is 13.5.